The number of hydrogen-bond acceptors (Lipinski definition) is 4. The van der Waals surface area contributed by atoms with E-state index in [1.165, 1.54) is 109 Å². The molecular weight excluding hydrogens is 443 g/mol. The van der Waals surface area contributed by atoms with E-state index >= 15 is 0 Å². The summed E-state index contributed by atoms with van der Waals surface area (Å²) < 4.78 is 36.9. The van der Waals surface area contributed by atoms with Gasteiger partial charge in [-0.2, -0.15) is 0 Å². The molecule has 0 radical (unpaired) electrons. The van der Waals surface area contributed by atoms with Gasteiger partial charge in [0.05, 0.1) is 6.61 Å². The van der Waals surface area contributed by atoms with Crippen LogP contribution in [0.1, 0.15) is 149 Å². The Morgan fingerprint density at radius 1 is 0.667 bits per heavy atom. The van der Waals surface area contributed by atoms with Crippen LogP contribution in [0.25, 0.3) is 0 Å². The summed E-state index contributed by atoms with van der Waals surface area (Å²) >= 11 is 0. The molecule has 0 aromatic carbocycles. The fourth-order valence-electron chi connectivity index (χ4n) is 4.16. The van der Waals surface area contributed by atoms with E-state index in [9.17, 15) is 13.0 Å². The summed E-state index contributed by atoms with van der Waals surface area (Å²) in [5.41, 5.74) is 0. The second-order valence-electron chi connectivity index (χ2n) is 9.47. The Labute approximate surface area is 229 Å². The first-order valence-electron chi connectivity index (χ1n) is 13.8. The SMILES string of the molecule is CCCCCC/C=C/C(CCCCCCCCCCCCCCCCC)COS(=O)(=O)[O-].[Na+]. The van der Waals surface area contributed by atoms with E-state index in [0.717, 1.165) is 25.7 Å². The molecule has 6 heteroatoms. The van der Waals surface area contributed by atoms with E-state index in [1.54, 1.807) is 0 Å². The summed E-state index contributed by atoms with van der Waals surface area (Å²) in [6.45, 7) is 4.45. The Hall–Kier alpha value is 0.610. The second-order valence-corrected chi connectivity index (χ2v) is 10.5. The Morgan fingerprint density at radius 2 is 1.06 bits per heavy atom. The van der Waals surface area contributed by atoms with Crippen molar-refractivity contribution in [1.29, 1.82) is 0 Å². The molecule has 0 aliphatic heterocycles. The predicted octanol–water partition coefficient (Wildman–Crippen LogP) is 5.87. The maximum absolute atomic E-state index is 10.8. The first-order valence-corrected chi connectivity index (χ1v) is 15.1. The molecule has 0 spiro atoms. The fourth-order valence-corrected chi connectivity index (χ4v) is 4.50. The van der Waals surface area contributed by atoms with Gasteiger partial charge in [-0.15, -0.1) is 0 Å². The number of allylic oxidation sites excluding steroid dienone is 1. The molecule has 33 heavy (non-hydrogen) atoms. The van der Waals surface area contributed by atoms with Crippen LogP contribution in [-0.2, 0) is 14.6 Å². The minimum absolute atomic E-state index is 0. The maximum Gasteiger partial charge on any atom is 1.00 e. The monoisotopic (exact) mass is 496 g/mol. The van der Waals surface area contributed by atoms with Gasteiger partial charge in [-0.1, -0.05) is 142 Å². The largest absolute Gasteiger partial charge is 1.00 e. The minimum atomic E-state index is -4.61. The zero-order valence-corrected chi connectivity index (χ0v) is 25.1. The molecule has 0 aromatic rings. The summed E-state index contributed by atoms with van der Waals surface area (Å²) in [5, 5.41) is 0. The molecule has 0 aliphatic rings. The Morgan fingerprint density at radius 3 is 1.48 bits per heavy atom. The van der Waals surface area contributed by atoms with Gasteiger partial charge in [0.1, 0.15) is 0 Å². The van der Waals surface area contributed by atoms with Crippen LogP contribution in [-0.4, -0.2) is 19.6 Å². The average Bonchev–Trinajstić information content (AvgIpc) is 2.75. The van der Waals surface area contributed by atoms with Crippen molar-refractivity contribution in [2.75, 3.05) is 6.61 Å². The van der Waals surface area contributed by atoms with E-state index in [2.05, 4.69) is 30.2 Å². The van der Waals surface area contributed by atoms with Crippen molar-refractivity contribution >= 4 is 10.4 Å². The molecule has 1 unspecified atom stereocenters. The van der Waals surface area contributed by atoms with Crippen LogP contribution in [0.15, 0.2) is 12.2 Å². The fraction of sp³-hybridized carbons (Fsp3) is 0.926. The molecule has 4 nitrogen and oxygen atoms in total. The molecule has 0 heterocycles. The van der Waals surface area contributed by atoms with Gasteiger partial charge < -0.3 is 4.55 Å². The van der Waals surface area contributed by atoms with E-state index in [0.29, 0.717) is 0 Å². The third kappa shape index (κ3) is 30.6. The number of rotatable bonds is 25. The third-order valence-corrected chi connectivity index (χ3v) is 6.66. The number of hydrogen-bond donors (Lipinski definition) is 0. The van der Waals surface area contributed by atoms with E-state index in [4.69, 9.17) is 0 Å². The van der Waals surface area contributed by atoms with Crippen molar-refractivity contribution in [2.24, 2.45) is 5.92 Å². The van der Waals surface area contributed by atoms with Crippen LogP contribution >= 0.6 is 0 Å². The number of unbranched alkanes of at least 4 members (excludes halogenated alkanes) is 18. The maximum atomic E-state index is 10.8. The molecule has 0 amide bonds. The molecule has 0 bridgehead atoms. The summed E-state index contributed by atoms with van der Waals surface area (Å²) in [4.78, 5) is 0. The molecule has 0 N–H and O–H groups in total. The molecule has 0 fully saturated rings. The Kier molecular flexibility index (Phi) is 29.5. The van der Waals surface area contributed by atoms with E-state index < -0.39 is 10.4 Å². The van der Waals surface area contributed by atoms with Crippen LogP contribution < -0.4 is 29.6 Å². The molecule has 0 rings (SSSR count). The van der Waals surface area contributed by atoms with Gasteiger partial charge in [0.2, 0.25) is 10.4 Å². The van der Waals surface area contributed by atoms with Gasteiger partial charge in [-0.05, 0) is 19.3 Å². The van der Waals surface area contributed by atoms with Gasteiger partial charge in [-0.25, -0.2) is 8.42 Å². The molecule has 0 saturated heterocycles. The van der Waals surface area contributed by atoms with Crippen molar-refractivity contribution in [2.45, 2.75) is 149 Å². The summed E-state index contributed by atoms with van der Waals surface area (Å²) in [6, 6.07) is 0. The van der Waals surface area contributed by atoms with Crippen LogP contribution in [0.5, 0.6) is 0 Å². The van der Waals surface area contributed by atoms with Crippen molar-refractivity contribution in [3.05, 3.63) is 12.2 Å². The molecule has 1 atom stereocenters. The summed E-state index contributed by atoms with van der Waals surface area (Å²) in [7, 11) is -4.61. The van der Waals surface area contributed by atoms with Gasteiger partial charge >= 0.3 is 29.6 Å². The van der Waals surface area contributed by atoms with Gasteiger partial charge in [0, 0.05) is 5.92 Å². The predicted molar refractivity (Wildman–Crippen MR) is 137 cm³/mol. The van der Waals surface area contributed by atoms with Crippen molar-refractivity contribution in [1.82, 2.24) is 0 Å². The topological polar surface area (TPSA) is 66.4 Å². The molecular formula is C27H53NaO4S. The van der Waals surface area contributed by atoms with Gasteiger partial charge in [0.15, 0.2) is 0 Å². The summed E-state index contributed by atoms with van der Waals surface area (Å²) in [6.07, 6.45) is 31.0. The van der Waals surface area contributed by atoms with Crippen LogP contribution in [0.2, 0.25) is 0 Å². The molecule has 0 aliphatic carbocycles. The summed E-state index contributed by atoms with van der Waals surface area (Å²) in [5.74, 6) is 0.0203. The minimum Gasteiger partial charge on any atom is -0.726 e. The smallest absolute Gasteiger partial charge is 0.726 e. The van der Waals surface area contributed by atoms with Crippen molar-refractivity contribution < 1.29 is 46.7 Å². The van der Waals surface area contributed by atoms with E-state index in [1.807, 2.05) is 0 Å². The Bertz CT molecular complexity index is 508. The average molecular weight is 497 g/mol. The normalized spacial score (nSPS) is 12.8. The van der Waals surface area contributed by atoms with Crippen LogP contribution in [0.3, 0.4) is 0 Å². The standard InChI is InChI=1S/C27H54O4S.Na/c1-3-5-7-9-11-12-13-14-15-16-17-18-19-21-23-25-27(26-31-32(28,29)30)24-22-20-10-8-6-4-2;/h22,24,27H,3-21,23,25-26H2,1-2H3,(H,28,29,30);/q;+1/p-1/b24-22+;. The zero-order valence-electron chi connectivity index (χ0n) is 22.3. The molecule has 0 aromatic heterocycles. The third-order valence-electron chi connectivity index (χ3n) is 6.24. The first kappa shape index (κ1) is 35.8. The Balaban J connectivity index is 0. The van der Waals surface area contributed by atoms with Crippen molar-refractivity contribution in [3.63, 3.8) is 0 Å². The zero-order chi connectivity index (χ0) is 23.8. The quantitative estimate of drug-likeness (QED) is 0.0521. The van der Waals surface area contributed by atoms with Crippen molar-refractivity contribution in [3.8, 4) is 0 Å². The van der Waals surface area contributed by atoms with E-state index in [-0.39, 0.29) is 42.1 Å². The van der Waals surface area contributed by atoms with Crippen LogP contribution in [0, 0.1) is 5.92 Å². The molecule has 192 valence electrons. The van der Waals surface area contributed by atoms with Gasteiger partial charge in [0.25, 0.3) is 0 Å². The van der Waals surface area contributed by atoms with Gasteiger partial charge in [-0.3, -0.25) is 4.18 Å². The second kappa shape index (κ2) is 27.2. The first-order chi connectivity index (χ1) is 15.5. The molecule has 0 saturated carbocycles. The van der Waals surface area contributed by atoms with Crippen LogP contribution in [0.4, 0.5) is 0 Å².